The van der Waals surface area contributed by atoms with Gasteiger partial charge < -0.3 is 4.74 Å². The summed E-state index contributed by atoms with van der Waals surface area (Å²) in [6.07, 6.45) is 0. The van der Waals surface area contributed by atoms with Crippen LogP contribution in [0.15, 0.2) is 16.6 Å². The van der Waals surface area contributed by atoms with Gasteiger partial charge in [-0.05, 0) is 12.1 Å². The molecule has 0 aromatic carbocycles. The maximum Gasteiger partial charge on any atom is 0.356 e. The third-order valence-electron chi connectivity index (χ3n) is 1.37. The topological polar surface area (TPSA) is 39.2 Å². The first-order valence-corrected chi connectivity index (χ1v) is 5.39. The Morgan fingerprint density at radius 2 is 2.31 bits per heavy atom. The van der Waals surface area contributed by atoms with Crippen molar-refractivity contribution in [3.8, 4) is 0 Å². The number of hydrogen-bond donors (Lipinski definition) is 0. The van der Waals surface area contributed by atoms with Crippen molar-refractivity contribution < 1.29 is 9.53 Å². The van der Waals surface area contributed by atoms with Gasteiger partial charge in [0.2, 0.25) is 0 Å². The highest BCUT2D eigenvalue weighted by molar-refractivity contribution is 9.10. The van der Waals surface area contributed by atoms with E-state index in [4.69, 9.17) is 0 Å². The number of carbonyl (C=O) groups is 1. The molecule has 13 heavy (non-hydrogen) atoms. The fraction of sp³-hybridized carbons (Fsp3) is 0.250. The summed E-state index contributed by atoms with van der Waals surface area (Å²) in [5.41, 5.74) is 1.10. The Kier molecular flexibility index (Phi) is 3.87. The number of ether oxygens (including phenoxy) is 1. The van der Waals surface area contributed by atoms with Crippen LogP contribution in [0.2, 0.25) is 0 Å². The van der Waals surface area contributed by atoms with E-state index in [0.29, 0.717) is 11.0 Å². The third kappa shape index (κ3) is 2.77. The largest absolute Gasteiger partial charge is 0.464 e. The van der Waals surface area contributed by atoms with E-state index in [-0.39, 0.29) is 0 Å². The fourth-order valence-electron chi connectivity index (χ4n) is 0.828. The van der Waals surface area contributed by atoms with Crippen LogP contribution >= 0.6 is 31.9 Å². The van der Waals surface area contributed by atoms with E-state index in [9.17, 15) is 4.79 Å². The minimum absolute atomic E-state index is 0.311. The van der Waals surface area contributed by atoms with Crippen molar-refractivity contribution >= 4 is 37.8 Å². The standard InChI is InChI=1S/C8H7Br2NO2/c1-13-8(12)7-3-5(10)2-6(4-9)11-7/h2-3H,4H2,1H3. The first-order chi connectivity index (χ1) is 6.17. The van der Waals surface area contributed by atoms with Crippen molar-refractivity contribution in [2.45, 2.75) is 5.33 Å². The number of halogens is 2. The zero-order chi connectivity index (χ0) is 9.84. The number of esters is 1. The van der Waals surface area contributed by atoms with Gasteiger partial charge in [0.25, 0.3) is 0 Å². The quantitative estimate of drug-likeness (QED) is 0.622. The number of carbonyl (C=O) groups excluding carboxylic acids is 1. The molecular formula is C8H7Br2NO2. The van der Waals surface area contributed by atoms with Crippen molar-refractivity contribution in [3.63, 3.8) is 0 Å². The zero-order valence-corrected chi connectivity index (χ0v) is 10.1. The second-order valence-electron chi connectivity index (χ2n) is 2.29. The molecule has 1 aromatic rings. The summed E-state index contributed by atoms with van der Waals surface area (Å²) >= 11 is 6.54. The Morgan fingerprint density at radius 1 is 1.62 bits per heavy atom. The van der Waals surface area contributed by atoms with Gasteiger partial charge in [0, 0.05) is 9.80 Å². The van der Waals surface area contributed by atoms with Gasteiger partial charge in [0.05, 0.1) is 12.8 Å². The van der Waals surface area contributed by atoms with Crippen molar-refractivity contribution in [2.75, 3.05) is 7.11 Å². The zero-order valence-electron chi connectivity index (χ0n) is 6.88. The van der Waals surface area contributed by atoms with Crippen molar-refractivity contribution in [3.05, 3.63) is 28.0 Å². The average molecular weight is 309 g/mol. The van der Waals surface area contributed by atoms with Crippen LogP contribution in [0.1, 0.15) is 16.2 Å². The molecule has 0 bridgehead atoms. The molecule has 0 saturated carbocycles. The molecule has 1 rings (SSSR count). The van der Waals surface area contributed by atoms with Gasteiger partial charge in [0.15, 0.2) is 0 Å². The number of nitrogens with zero attached hydrogens (tertiary/aromatic N) is 1. The van der Waals surface area contributed by atoms with Gasteiger partial charge in [-0.25, -0.2) is 9.78 Å². The molecule has 3 nitrogen and oxygen atoms in total. The monoisotopic (exact) mass is 307 g/mol. The van der Waals surface area contributed by atoms with Gasteiger partial charge >= 0.3 is 5.97 Å². The highest BCUT2D eigenvalue weighted by atomic mass is 79.9. The summed E-state index contributed by atoms with van der Waals surface area (Å²) in [6, 6.07) is 3.46. The maximum atomic E-state index is 11.1. The molecular weight excluding hydrogens is 302 g/mol. The van der Waals surface area contributed by atoms with E-state index in [1.165, 1.54) is 7.11 Å². The molecule has 0 fully saturated rings. The predicted octanol–water partition coefficient (Wildman–Crippen LogP) is 2.53. The molecule has 0 unspecified atom stereocenters. The van der Waals surface area contributed by atoms with E-state index in [0.717, 1.165) is 10.2 Å². The lowest BCUT2D eigenvalue weighted by Gasteiger charge is -2.01. The molecule has 5 heteroatoms. The summed E-state index contributed by atoms with van der Waals surface area (Å²) in [7, 11) is 1.33. The molecule has 0 aliphatic carbocycles. The first-order valence-electron chi connectivity index (χ1n) is 3.48. The normalized spacial score (nSPS) is 9.77. The van der Waals surface area contributed by atoms with E-state index in [1.54, 1.807) is 6.07 Å². The lowest BCUT2D eigenvalue weighted by molar-refractivity contribution is 0.0593. The molecule has 0 atom stereocenters. The number of aromatic nitrogens is 1. The minimum atomic E-state index is -0.427. The maximum absolute atomic E-state index is 11.1. The Hall–Kier alpha value is -0.420. The Morgan fingerprint density at radius 3 is 2.85 bits per heavy atom. The summed E-state index contributed by atoms with van der Waals surface area (Å²) < 4.78 is 5.37. The van der Waals surface area contributed by atoms with Gasteiger partial charge in [-0.3, -0.25) is 0 Å². The van der Waals surface area contributed by atoms with Gasteiger partial charge in [-0.1, -0.05) is 31.9 Å². The number of rotatable bonds is 2. The number of methoxy groups -OCH3 is 1. The smallest absolute Gasteiger partial charge is 0.356 e. The summed E-state index contributed by atoms with van der Waals surface area (Å²) in [5.74, 6) is -0.427. The van der Waals surface area contributed by atoms with Crippen LogP contribution in [-0.4, -0.2) is 18.1 Å². The number of alkyl halides is 1. The number of hydrogen-bond acceptors (Lipinski definition) is 3. The summed E-state index contributed by atoms with van der Waals surface area (Å²) in [4.78, 5) is 15.2. The van der Waals surface area contributed by atoms with Gasteiger partial charge in [-0.15, -0.1) is 0 Å². The Bertz CT molecular complexity index is 328. The second kappa shape index (κ2) is 4.72. The van der Waals surface area contributed by atoms with Crippen LogP contribution in [0.4, 0.5) is 0 Å². The summed E-state index contributed by atoms with van der Waals surface area (Å²) in [6.45, 7) is 0. The number of pyridine rings is 1. The molecule has 70 valence electrons. The lowest BCUT2D eigenvalue weighted by Crippen LogP contribution is -2.05. The molecule has 1 heterocycles. The molecule has 0 aliphatic rings. The van der Waals surface area contributed by atoms with Crippen molar-refractivity contribution in [1.82, 2.24) is 4.98 Å². The Balaban J connectivity index is 3.08. The Labute approximate surface area is 92.8 Å². The molecule has 0 spiro atoms. The molecule has 0 saturated heterocycles. The third-order valence-corrected chi connectivity index (χ3v) is 2.41. The lowest BCUT2D eigenvalue weighted by atomic mass is 10.3. The van der Waals surface area contributed by atoms with E-state index in [2.05, 4.69) is 41.6 Å². The molecule has 1 aromatic heterocycles. The molecule has 0 radical (unpaired) electrons. The highest BCUT2D eigenvalue weighted by Crippen LogP contribution is 2.15. The molecule has 0 aliphatic heterocycles. The second-order valence-corrected chi connectivity index (χ2v) is 3.76. The first kappa shape index (κ1) is 10.7. The van der Waals surface area contributed by atoms with Gasteiger partial charge in [-0.2, -0.15) is 0 Å². The average Bonchev–Trinajstić information content (AvgIpc) is 2.15. The highest BCUT2D eigenvalue weighted by Gasteiger charge is 2.08. The van der Waals surface area contributed by atoms with E-state index >= 15 is 0 Å². The molecule has 0 amide bonds. The summed E-state index contributed by atoms with van der Waals surface area (Å²) in [5, 5.41) is 0.608. The van der Waals surface area contributed by atoms with Crippen LogP contribution in [0.5, 0.6) is 0 Å². The van der Waals surface area contributed by atoms with Crippen LogP contribution in [0.3, 0.4) is 0 Å². The van der Waals surface area contributed by atoms with Crippen LogP contribution in [0, 0.1) is 0 Å². The van der Waals surface area contributed by atoms with Crippen molar-refractivity contribution in [1.29, 1.82) is 0 Å². The van der Waals surface area contributed by atoms with E-state index < -0.39 is 5.97 Å². The fourth-order valence-corrected chi connectivity index (χ4v) is 1.60. The van der Waals surface area contributed by atoms with Crippen LogP contribution in [-0.2, 0) is 10.1 Å². The minimum Gasteiger partial charge on any atom is -0.464 e. The molecule has 0 N–H and O–H groups in total. The van der Waals surface area contributed by atoms with E-state index in [1.807, 2.05) is 6.07 Å². The predicted molar refractivity (Wildman–Crippen MR) is 55.9 cm³/mol. The van der Waals surface area contributed by atoms with Gasteiger partial charge in [0.1, 0.15) is 5.69 Å². The SMILES string of the molecule is COC(=O)c1cc(Br)cc(CBr)n1. The van der Waals surface area contributed by atoms with Crippen molar-refractivity contribution in [2.24, 2.45) is 0 Å². The van der Waals surface area contributed by atoms with Crippen LogP contribution in [0.25, 0.3) is 0 Å². The van der Waals surface area contributed by atoms with Crippen LogP contribution < -0.4 is 0 Å².